The monoisotopic (exact) mass is 272 g/mol. The molecule has 0 radical (unpaired) electrons. The van der Waals surface area contributed by atoms with E-state index in [0.717, 1.165) is 11.1 Å². The minimum Gasteiger partial charge on any atom is -0.506 e. The van der Waals surface area contributed by atoms with Crippen LogP contribution in [0.3, 0.4) is 0 Å². The number of carboxylic acids is 1. The van der Waals surface area contributed by atoms with Gasteiger partial charge in [0.25, 0.3) is 0 Å². The number of hydrogen-bond acceptors (Lipinski definition) is 2. The van der Waals surface area contributed by atoms with Crippen LogP contribution in [0.5, 0.6) is 5.75 Å². The van der Waals surface area contributed by atoms with E-state index in [1.807, 2.05) is 0 Å². The van der Waals surface area contributed by atoms with Crippen LogP contribution in [-0.2, 0) is 4.79 Å². The van der Waals surface area contributed by atoms with Gasteiger partial charge in [-0.3, -0.25) is 4.79 Å². The number of phenols is 1. The lowest BCUT2D eigenvalue weighted by Crippen LogP contribution is -2.09. The topological polar surface area (TPSA) is 57.5 Å². The van der Waals surface area contributed by atoms with Crippen molar-refractivity contribution in [2.24, 2.45) is 0 Å². The van der Waals surface area contributed by atoms with Crippen LogP contribution in [0.4, 0.5) is 0 Å². The second-order valence-electron chi connectivity index (χ2n) is 3.63. The number of carbonyl (C=O) groups is 1. The van der Waals surface area contributed by atoms with Gasteiger partial charge in [0.2, 0.25) is 0 Å². The first-order valence-electron chi connectivity index (χ1n) is 4.57. The van der Waals surface area contributed by atoms with Crippen LogP contribution < -0.4 is 0 Å². The van der Waals surface area contributed by atoms with Crippen molar-refractivity contribution < 1.29 is 15.0 Å². The van der Waals surface area contributed by atoms with E-state index in [2.05, 4.69) is 15.9 Å². The van der Waals surface area contributed by atoms with Crippen LogP contribution in [-0.4, -0.2) is 16.2 Å². The molecule has 0 bridgehead atoms. The molecule has 0 aliphatic heterocycles. The van der Waals surface area contributed by atoms with E-state index >= 15 is 0 Å². The quantitative estimate of drug-likeness (QED) is 0.870. The van der Waals surface area contributed by atoms with E-state index in [-0.39, 0.29) is 5.75 Å². The summed E-state index contributed by atoms with van der Waals surface area (Å²) in [6, 6.07) is 1.72. The summed E-state index contributed by atoms with van der Waals surface area (Å²) in [4.78, 5) is 10.9. The first kappa shape index (κ1) is 12.0. The minimum atomic E-state index is -0.866. The zero-order valence-electron chi connectivity index (χ0n) is 8.84. The van der Waals surface area contributed by atoms with Gasteiger partial charge in [-0.05, 0) is 53.4 Å². The summed E-state index contributed by atoms with van der Waals surface area (Å²) in [5.41, 5.74) is 2.17. The summed E-state index contributed by atoms with van der Waals surface area (Å²) in [7, 11) is 0. The van der Waals surface area contributed by atoms with E-state index in [9.17, 15) is 9.90 Å². The molecule has 1 rings (SSSR count). The summed E-state index contributed by atoms with van der Waals surface area (Å²) in [5.74, 6) is -1.26. The number of phenolic OH excluding ortho intramolecular Hbond substituents is 1. The standard InChI is InChI=1S/C11H13BrO3/c1-5-4-8(7(3)11(14)15)6(2)9(12)10(5)13/h4,7,13H,1-3H3,(H,14,15). The van der Waals surface area contributed by atoms with Crippen molar-refractivity contribution in [3.8, 4) is 5.75 Å². The number of rotatable bonds is 2. The highest BCUT2D eigenvalue weighted by atomic mass is 79.9. The van der Waals surface area contributed by atoms with E-state index in [0.29, 0.717) is 10.0 Å². The van der Waals surface area contributed by atoms with Crippen molar-refractivity contribution in [1.29, 1.82) is 0 Å². The Morgan fingerprint density at radius 1 is 1.47 bits per heavy atom. The molecule has 3 nitrogen and oxygen atoms in total. The third-order valence-corrected chi connectivity index (χ3v) is 3.52. The Labute approximate surface area is 96.9 Å². The summed E-state index contributed by atoms with van der Waals surface area (Å²) < 4.78 is 0.575. The molecule has 1 aromatic carbocycles. The second kappa shape index (κ2) is 4.23. The Morgan fingerprint density at radius 3 is 2.47 bits per heavy atom. The van der Waals surface area contributed by atoms with Gasteiger partial charge in [-0.1, -0.05) is 6.07 Å². The molecular formula is C11H13BrO3. The molecular weight excluding hydrogens is 260 g/mol. The van der Waals surface area contributed by atoms with Crippen molar-refractivity contribution in [1.82, 2.24) is 0 Å². The lowest BCUT2D eigenvalue weighted by molar-refractivity contribution is -0.138. The van der Waals surface area contributed by atoms with Gasteiger partial charge in [0, 0.05) is 0 Å². The average Bonchev–Trinajstić information content (AvgIpc) is 2.19. The molecule has 4 heteroatoms. The number of halogens is 1. The first-order chi connectivity index (χ1) is 6.86. The maximum atomic E-state index is 10.9. The molecule has 0 saturated heterocycles. The van der Waals surface area contributed by atoms with Gasteiger partial charge >= 0.3 is 5.97 Å². The summed E-state index contributed by atoms with van der Waals surface area (Å²) in [6.07, 6.45) is 0. The van der Waals surface area contributed by atoms with Crippen molar-refractivity contribution in [2.75, 3.05) is 0 Å². The Hall–Kier alpha value is -1.03. The van der Waals surface area contributed by atoms with E-state index in [1.165, 1.54) is 0 Å². The number of aryl methyl sites for hydroxylation is 1. The molecule has 0 amide bonds. The third kappa shape index (κ3) is 2.15. The SMILES string of the molecule is Cc1cc(C(C)C(=O)O)c(C)c(Br)c1O. The molecule has 0 aromatic heterocycles. The fraction of sp³-hybridized carbons (Fsp3) is 0.364. The van der Waals surface area contributed by atoms with Gasteiger partial charge in [0.05, 0.1) is 10.4 Å². The van der Waals surface area contributed by atoms with Gasteiger partial charge in [0.15, 0.2) is 0 Å². The zero-order valence-corrected chi connectivity index (χ0v) is 10.4. The maximum Gasteiger partial charge on any atom is 0.310 e. The van der Waals surface area contributed by atoms with Crippen LogP contribution in [0.2, 0.25) is 0 Å². The molecule has 1 aromatic rings. The average molecular weight is 273 g/mol. The first-order valence-corrected chi connectivity index (χ1v) is 5.37. The predicted octanol–water partition coefficient (Wildman–Crippen LogP) is 2.96. The Balaban J connectivity index is 3.38. The largest absolute Gasteiger partial charge is 0.506 e. The molecule has 0 aliphatic rings. The van der Waals surface area contributed by atoms with Gasteiger partial charge in [-0.25, -0.2) is 0 Å². The second-order valence-corrected chi connectivity index (χ2v) is 4.42. The number of hydrogen-bond donors (Lipinski definition) is 2. The van der Waals surface area contributed by atoms with E-state index in [1.54, 1.807) is 26.8 Å². The van der Waals surface area contributed by atoms with Gasteiger partial charge in [0.1, 0.15) is 5.75 Å². The van der Waals surface area contributed by atoms with Crippen molar-refractivity contribution in [3.63, 3.8) is 0 Å². The molecule has 1 atom stereocenters. The van der Waals surface area contributed by atoms with E-state index in [4.69, 9.17) is 5.11 Å². The molecule has 0 saturated carbocycles. The van der Waals surface area contributed by atoms with Gasteiger partial charge in [-0.15, -0.1) is 0 Å². The smallest absolute Gasteiger partial charge is 0.310 e. The molecule has 0 heterocycles. The lowest BCUT2D eigenvalue weighted by Gasteiger charge is -2.14. The zero-order chi connectivity index (χ0) is 11.7. The Bertz CT molecular complexity index is 413. The summed E-state index contributed by atoms with van der Waals surface area (Å²) in [5, 5.41) is 18.6. The molecule has 82 valence electrons. The van der Waals surface area contributed by atoms with Crippen LogP contribution >= 0.6 is 15.9 Å². The third-order valence-electron chi connectivity index (χ3n) is 2.55. The van der Waals surface area contributed by atoms with Crippen LogP contribution in [0.15, 0.2) is 10.5 Å². The van der Waals surface area contributed by atoms with Crippen molar-refractivity contribution >= 4 is 21.9 Å². The minimum absolute atomic E-state index is 0.175. The van der Waals surface area contributed by atoms with Crippen molar-refractivity contribution in [2.45, 2.75) is 26.7 Å². The number of aliphatic carboxylic acids is 1. The number of carboxylic acid groups (broad SMARTS) is 1. The number of aromatic hydroxyl groups is 1. The summed E-state index contributed by atoms with van der Waals surface area (Å²) in [6.45, 7) is 5.17. The molecule has 0 fully saturated rings. The normalized spacial score (nSPS) is 12.5. The Kier molecular flexibility index (Phi) is 3.39. The van der Waals surface area contributed by atoms with Crippen molar-refractivity contribution in [3.05, 3.63) is 27.2 Å². The highest BCUT2D eigenvalue weighted by Gasteiger charge is 2.19. The van der Waals surface area contributed by atoms with Crippen LogP contribution in [0.1, 0.15) is 29.5 Å². The summed E-state index contributed by atoms with van der Waals surface area (Å²) >= 11 is 3.26. The highest BCUT2D eigenvalue weighted by Crippen LogP contribution is 2.35. The van der Waals surface area contributed by atoms with Crippen LogP contribution in [0, 0.1) is 13.8 Å². The molecule has 1 unspecified atom stereocenters. The molecule has 2 N–H and O–H groups in total. The molecule has 0 spiro atoms. The van der Waals surface area contributed by atoms with E-state index < -0.39 is 11.9 Å². The van der Waals surface area contributed by atoms with Gasteiger partial charge in [-0.2, -0.15) is 0 Å². The van der Waals surface area contributed by atoms with Crippen LogP contribution in [0.25, 0.3) is 0 Å². The Morgan fingerprint density at radius 2 is 2.00 bits per heavy atom. The molecule has 15 heavy (non-hydrogen) atoms. The fourth-order valence-corrected chi connectivity index (χ4v) is 2.01. The predicted molar refractivity (Wildman–Crippen MR) is 61.3 cm³/mol. The molecule has 0 aliphatic carbocycles. The number of benzene rings is 1. The highest BCUT2D eigenvalue weighted by molar-refractivity contribution is 9.10. The fourth-order valence-electron chi connectivity index (χ4n) is 1.47. The lowest BCUT2D eigenvalue weighted by atomic mass is 9.94. The van der Waals surface area contributed by atoms with Gasteiger partial charge < -0.3 is 10.2 Å². The maximum absolute atomic E-state index is 10.9.